The molecule has 0 radical (unpaired) electrons. The first-order valence-corrected chi connectivity index (χ1v) is 9.05. The van der Waals surface area contributed by atoms with Crippen molar-refractivity contribution in [3.05, 3.63) is 10.4 Å². The van der Waals surface area contributed by atoms with Crippen LogP contribution in [0.1, 0.15) is 27.7 Å². The molecule has 9 nitrogen and oxygen atoms in total. The summed E-state index contributed by atoms with van der Waals surface area (Å²) in [6, 6.07) is -0.372. The molecule has 2 saturated heterocycles. The van der Waals surface area contributed by atoms with Crippen molar-refractivity contribution in [2.24, 2.45) is 17.0 Å². The molecule has 0 amide bonds. The van der Waals surface area contributed by atoms with E-state index in [2.05, 4.69) is 10.0 Å². The van der Waals surface area contributed by atoms with Gasteiger partial charge >= 0.3 is 0 Å². The second-order valence-corrected chi connectivity index (χ2v) is 7.71. The summed E-state index contributed by atoms with van der Waals surface area (Å²) < 4.78 is 33.7. The molecule has 26 heavy (non-hydrogen) atoms. The second-order valence-electron chi connectivity index (χ2n) is 7.71. The van der Waals surface area contributed by atoms with Crippen molar-refractivity contribution in [1.29, 1.82) is 0 Å². The van der Waals surface area contributed by atoms with Crippen LogP contribution in [0.25, 0.3) is 10.4 Å². The lowest BCUT2D eigenvalue weighted by Gasteiger charge is -2.35. The van der Waals surface area contributed by atoms with Crippen molar-refractivity contribution in [1.82, 2.24) is 0 Å². The van der Waals surface area contributed by atoms with Crippen molar-refractivity contribution in [3.8, 4) is 0 Å². The third-order valence-electron chi connectivity index (χ3n) is 4.21. The number of ether oxygens (including phenoxy) is 6. The Kier molecular flexibility index (Phi) is 8.09. The Morgan fingerprint density at radius 1 is 0.885 bits per heavy atom. The zero-order valence-corrected chi connectivity index (χ0v) is 16.2. The third-order valence-corrected chi connectivity index (χ3v) is 4.21. The van der Waals surface area contributed by atoms with Crippen molar-refractivity contribution in [2.75, 3.05) is 52.9 Å². The van der Waals surface area contributed by atoms with Crippen molar-refractivity contribution >= 4 is 0 Å². The van der Waals surface area contributed by atoms with Crippen LogP contribution < -0.4 is 0 Å². The minimum absolute atomic E-state index is 0.176. The van der Waals surface area contributed by atoms with E-state index in [1.54, 1.807) is 0 Å². The predicted molar refractivity (Wildman–Crippen MR) is 93.5 cm³/mol. The molecular weight excluding hydrogens is 342 g/mol. The summed E-state index contributed by atoms with van der Waals surface area (Å²) in [7, 11) is 0. The van der Waals surface area contributed by atoms with E-state index in [-0.39, 0.29) is 17.9 Å². The molecule has 2 aliphatic rings. The van der Waals surface area contributed by atoms with Gasteiger partial charge in [-0.05, 0) is 33.2 Å². The molecule has 0 aromatic rings. The average molecular weight is 373 g/mol. The highest BCUT2D eigenvalue weighted by Crippen LogP contribution is 2.21. The van der Waals surface area contributed by atoms with Gasteiger partial charge in [0.1, 0.15) is 0 Å². The van der Waals surface area contributed by atoms with Gasteiger partial charge in [-0.25, -0.2) is 0 Å². The molecule has 2 aliphatic heterocycles. The van der Waals surface area contributed by atoms with E-state index < -0.39 is 11.6 Å². The fourth-order valence-electron chi connectivity index (χ4n) is 2.58. The van der Waals surface area contributed by atoms with Gasteiger partial charge in [0.05, 0.1) is 58.9 Å². The van der Waals surface area contributed by atoms with E-state index in [0.717, 1.165) is 0 Å². The summed E-state index contributed by atoms with van der Waals surface area (Å²) in [6.07, 6.45) is 0. The number of rotatable bonds is 9. The molecular formula is C17H31N3O6. The Morgan fingerprint density at radius 2 is 1.27 bits per heavy atom. The quantitative estimate of drug-likeness (QED) is 0.349. The van der Waals surface area contributed by atoms with Crippen molar-refractivity contribution in [2.45, 2.75) is 45.3 Å². The van der Waals surface area contributed by atoms with Crippen LogP contribution in [-0.4, -0.2) is 70.5 Å². The summed E-state index contributed by atoms with van der Waals surface area (Å²) in [5.41, 5.74) is 8.72. The molecule has 0 N–H and O–H groups in total. The minimum Gasteiger partial charge on any atom is -0.380 e. The first kappa shape index (κ1) is 21.4. The summed E-state index contributed by atoms with van der Waals surface area (Å²) in [4.78, 5) is 2.87. The maximum absolute atomic E-state index is 8.72. The smallest absolute Gasteiger partial charge is 0.162 e. The molecule has 0 aromatic heterocycles. The number of nitrogens with zero attached hydrogens (tertiary/aromatic N) is 3. The van der Waals surface area contributed by atoms with Gasteiger partial charge in [-0.15, -0.1) is 0 Å². The third kappa shape index (κ3) is 7.75. The second kappa shape index (κ2) is 9.85. The molecule has 0 saturated carbocycles. The Labute approximate surface area is 154 Å². The van der Waals surface area contributed by atoms with Crippen molar-refractivity contribution in [3.63, 3.8) is 0 Å². The van der Waals surface area contributed by atoms with Gasteiger partial charge < -0.3 is 28.4 Å². The van der Waals surface area contributed by atoms with E-state index in [0.29, 0.717) is 52.9 Å². The lowest BCUT2D eigenvalue weighted by atomic mass is 10.1. The Balaban J connectivity index is 1.60. The molecule has 0 spiro atoms. The van der Waals surface area contributed by atoms with E-state index in [4.69, 9.17) is 34.0 Å². The molecule has 2 rings (SSSR count). The maximum atomic E-state index is 8.72. The number of hydrogen-bond donors (Lipinski definition) is 0. The summed E-state index contributed by atoms with van der Waals surface area (Å²) >= 11 is 0. The van der Waals surface area contributed by atoms with E-state index in [9.17, 15) is 0 Å². The Hall–Kier alpha value is -0.930. The van der Waals surface area contributed by atoms with Gasteiger partial charge in [0.25, 0.3) is 0 Å². The lowest BCUT2D eigenvalue weighted by molar-refractivity contribution is -0.267. The molecule has 9 heteroatoms. The summed E-state index contributed by atoms with van der Waals surface area (Å²) in [5, 5.41) is 3.74. The van der Waals surface area contributed by atoms with Crippen LogP contribution in [0.2, 0.25) is 0 Å². The van der Waals surface area contributed by atoms with Gasteiger partial charge in [-0.3, -0.25) is 0 Å². The summed E-state index contributed by atoms with van der Waals surface area (Å²) in [6.45, 7) is 11.5. The first-order valence-electron chi connectivity index (χ1n) is 9.05. The van der Waals surface area contributed by atoms with E-state index in [1.165, 1.54) is 0 Å². The van der Waals surface area contributed by atoms with Crippen LogP contribution in [-0.2, 0) is 28.4 Å². The van der Waals surface area contributed by atoms with Gasteiger partial charge in [-0.1, -0.05) is 5.11 Å². The first-order chi connectivity index (χ1) is 12.3. The normalized spacial score (nSPS) is 23.7. The van der Waals surface area contributed by atoms with Crippen LogP contribution in [0.15, 0.2) is 5.11 Å². The molecule has 0 aliphatic carbocycles. The van der Waals surface area contributed by atoms with Gasteiger partial charge in [0.15, 0.2) is 11.6 Å². The highest BCUT2D eigenvalue weighted by atomic mass is 16.7. The SMILES string of the molecule is CC1(C)OCC(COCC(COCC2COC(C)(C)OC2)N=[N+]=[N-])CO1. The molecule has 2 fully saturated rings. The Morgan fingerprint density at radius 3 is 1.62 bits per heavy atom. The average Bonchev–Trinajstić information content (AvgIpc) is 2.58. The van der Waals surface area contributed by atoms with Gasteiger partial charge in [0, 0.05) is 16.7 Å². The zero-order chi connectivity index (χ0) is 19.0. The highest BCUT2D eigenvalue weighted by molar-refractivity contribution is 4.71. The van der Waals surface area contributed by atoms with Gasteiger partial charge in [-0.2, -0.15) is 0 Å². The van der Waals surface area contributed by atoms with Crippen LogP contribution in [0.5, 0.6) is 0 Å². The molecule has 0 bridgehead atoms. The standard InChI is InChI=1S/C17H31N3O6/c1-16(2)23-7-13(8-24-16)5-21-11-15(19-20-18)12-22-6-14-9-25-17(3,4)26-10-14/h13-15H,5-12H2,1-4H3. The van der Waals surface area contributed by atoms with Gasteiger partial charge in [0.2, 0.25) is 0 Å². The Bertz CT molecular complexity index is 427. The van der Waals surface area contributed by atoms with Crippen LogP contribution in [0.3, 0.4) is 0 Å². The molecule has 0 aromatic carbocycles. The number of azide groups is 1. The van der Waals surface area contributed by atoms with E-state index >= 15 is 0 Å². The highest BCUT2D eigenvalue weighted by Gasteiger charge is 2.29. The largest absolute Gasteiger partial charge is 0.380 e. The van der Waals surface area contributed by atoms with Crippen molar-refractivity contribution < 1.29 is 28.4 Å². The predicted octanol–water partition coefficient (Wildman–Crippen LogP) is 2.50. The van der Waals surface area contributed by atoms with Crippen LogP contribution in [0, 0.1) is 11.8 Å². The molecule has 150 valence electrons. The lowest BCUT2D eigenvalue weighted by Crippen LogP contribution is -2.41. The van der Waals surface area contributed by atoms with E-state index in [1.807, 2.05) is 27.7 Å². The fraction of sp³-hybridized carbons (Fsp3) is 1.00. The summed E-state index contributed by atoms with van der Waals surface area (Å²) in [5.74, 6) is -0.703. The van der Waals surface area contributed by atoms with Crippen LogP contribution in [0.4, 0.5) is 0 Å². The zero-order valence-electron chi connectivity index (χ0n) is 16.2. The fourth-order valence-corrected chi connectivity index (χ4v) is 2.58. The minimum atomic E-state index is -0.528. The molecule has 2 heterocycles. The maximum Gasteiger partial charge on any atom is 0.162 e. The topological polar surface area (TPSA) is 104 Å². The molecule has 0 atom stereocenters. The monoisotopic (exact) mass is 373 g/mol. The molecule has 0 unspecified atom stereocenters. The number of hydrogen-bond acceptors (Lipinski definition) is 7. The van der Waals surface area contributed by atoms with Crippen LogP contribution >= 0.6 is 0 Å².